The van der Waals surface area contributed by atoms with Crippen LogP contribution >= 0.6 is 0 Å². The number of nitrogens with zero attached hydrogens (tertiary/aromatic N) is 5. The van der Waals surface area contributed by atoms with E-state index >= 15 is 8.78 Å². The molecule has 5 rings (SSSR count). The zero-order valence-electron chi connectivity index (χ0n) is 27.0. The van der Waals surface area contributed by atoms with E-state index < -0.39 is 41.9 Å². The standard InChI is InChI=1S/C34H39F3N6O5/c1-5-28(44)41-12-13-42(21(4)17-41)33-23-15-25(37)30-29-24(36)7-6-8-26(29)48-19-27(47-14-10-35)31(45)22(9-11-38-16-20(2)3)18-43(32(23)39-30)34(46)40-33/h5-9,11,15,18,20-21,27,31,38,45H,1,10,12-14,16-17,19H2,2-4H3/b11-9-,22-18?/t21-,27?,31?/m0/s1. The zero-order valence-corrected chi connectivity index (χ0v) is 27.0. The second kappa shape index (κ2) is 15.0. The van der Waals surface area contributed by atoms with Gasteiger partial charge in [0.1, 0.15) is 48.6 Å². The first-order chi connectivity index (χ1) is 23.0. The summed E-state index contributed by atoms with van der Waals surface area (Å²) in [5.74, 6) is -1.64. The molecule has 0 aliphatic carbocycles. The maximum Gasteiger partial charge on any atom is 0.355 e. The Morgan fingerprint density at radius 2 is 2.04 bits per heavy atom. The first kappa shape index (κ1) is 34.6. The summed E-state index contributed by atoms with van der Waals surface area (Å²) in [4.78, 5) is 38.4. The van der Waals surface area contributed by atoms with Crippen LogP contribution in [0, 0.1) is 17.6 Å². The predicted octanol–water partition coefficient (Wildman–Crippen LogP) is 3.67. The van der Waals surface area contributed by atoms with Crippen LogP contribution in [0.2, 0.25) is 0 Å². The maximum absolute atomic E-state index is 16.1. The van der Waals surface area contributed by atoms with Crippen molar-refractivity contribution in [2.75, 3.05) is 51.0 Å². The molecule has 256 valence electrons. The van der Waals surface area contributed by atoms with Gasteiger partial charge in [-0.05, 0) is 49.4 Å². The molecule has 1 fully saturated rings. The number of aliphatic hydroxyl groups is 1. The molecule has 3 atom stereocenters. The Kier molecular flexibility index (Phi) is 10.8. The molecule has 1 saturated heterocycles. The van der Waals surface area contributed by atoms with Gasteiger partial charge in [-0.25, -0.2) is 22.9 Å². The highest BCUT2D eigenvalue weighted by Crippen LogP contribution is 2.37. The molecule has 48 heavy (non-hydrogen) atoms. The molecule has 2 bridgehead atoms. The van der Waals surface area contributed by atoms with E-state index in [2.05, 4.69) is 21.9 Å². The van der Waals surface area contributed by atoms with Crippen molar-refractivity contribution >= 4 is 29.0 Å². The lowest BCUT2D eigenvalue weighted by atomic mass is 10.0. The van der Waals surface area contributed by atoms with Crippen molar-refractivity contribution in [3.63, 3.8) is 0 Å². The minimum absolute atomic E-state index is 0.0672. The zero-order chi connectivity index (χ0) is 34.5. The van der Waals surface area contributed by atoms with E-state index in [-0.39, 0.29) is 65.4 Å². The smallest absolute Gasteiger partial charge is 0.355 e. The van der Waals surface area contributed by atoms with Gasteiger partial charge in [0.05, 0.1) is 17.6 Å². The minimum atomic E-state index is -1.47. The largest absolute Gasteiger partial charge is 0.490 e. The molecule has 0 saturated carbocycles. The van der Waals surface area contributed by atoms with Gasteiger partial charge in [0.25, 0.3) is 0 Å². The minimum Gasteiger partial charge on any atom is -0.490 e. The molecular formula is C34H39F3N6O5. The summed E-state index contributed by atoms with van der Waals surface area (Å²) in [6.07, 6.45) is 3.01. The second-order valence-corrected chi connectivity index (χ2v) is 12.0. The van der Waals surface area contributed by atoms with Gasteiger partial charge < -0.3 is 29.7 Å². The number of piperazine rings is 1. The highest BCUT2D eigenvalue weighted by molar-refractivity contribution is 5.91. The Morgan fingerprint density at radius 3 is 2.75 bits per heavy atom. The summed E-state index contributed by atoms with van der Waals surface area (Å²) < 4.78 is 57.4. The van der Waals surface area contributed by atoms with Gasteiger partial charge in [-0.2, -0.15) is 4.98 Å². The molecule has 1 aromatic carbocycles. The van der Waals surface area contributed by atoms with Crippen LogP contribution in [-0.4, -0.2) is 94.8 Å². The number of ether oxygens (including phenoxy) is 2. The molecule has 2 aromatic heterocycles. The fourth-order valence-corrected chi connectivity index (χ4v) is 5.73. The third-order valence-electron chi connectivity index (χ3n) is 8.13. The van der Waals surface area contributed by atoms with Crippen LogP contribution in [0.25, 0.3) is 28.5 Å². The second-order valence-electron chi connectivity index (χ2n) is 12.0. The number of nitrogens with one attached hydrogen (secondary N) is 1. The third kappa shape index (κ3) is 7.24. The van der Waals surface area contributed by atoms with Crippen molar-refractivity contribution in [3.05, 3.63) is 76.9 Å². The SMILES string of the molecule is C=CC(=O)N1CCN(c2nc(=O)n3c4nc(c(F)cc24)-c2c(F)cccc2OCC(OCCF)C(O)C(/C=C\NCC(C)C)=C3)[C@@H](C)C1. The average molecular weight is 669 g/mol. The van der Waals surface area contributed by atoms with E-state index in [4.69, 9.17) is 9.47 Å². The number of rotatable bonds is 9. The van der Waals surface area contributed by atoms with Gasteiger partial charge >= 0.3 is 5.69 Å². The summed E-state index contributed by atoms with van der Waals surface area (Å²) in [6.45, 7) is 9.32. The number of fused-ring (bicyclic) bond motifs is 3. The van der Waals surface area contributed by atoms with Crippen molar-refractivity contribution in [3.8, 4) is 17.0 Å². The predicted molar refractivity (Wildman–Crippen MR) is 176 cm³/mol. The average Bonchev–Trinajstić information content (AvgIpc) is 3.06. The summed E-state index contributed by atoms with van der Waals surface area (Å²) >= 11 is 0. The van der Waals surface area contributed by atoms with E-state index in [0.717, 1.165) is 16.7 Å². The Labute approximate surface area is 276 Å². The Balaban J connectivity index is 1.76. The van der Waals surface area contributed by atoms with Gasteiger partial charge in [-0.3, -0.25) is 9.36 Å². The molecule has 2 aliphatic heterocycles. The number of hydrogen-bond acceptors (Lipinski definition) is 9. The van der Waals surface area contributed by atoms with E-state index in [1.54, 1.807) is 16.0 Å². The number of benzene rings is 1. The van der Waals surface area contributed by atoms with E-state index in [0.29, 0.717) is 25.6 Å². The molecule has 11 nitrogen and oxygen atoms in total. The number of anilines is 1. The Bertz CT molecular complexity index is 1800. The van der Waals surface area contributed by atoms with Crippen molar-refractivity contribution < 1.29 is 32.5 Å². The number of carbonyl (C=O) groups is 1. The highest BCUT2D eigenvalue weighted by atomic mass is 19.1. The molecule has 0 radical (unpaired) electrons. The lowest BCUT2D eigenvalue weighted by Crippen LogP contribution is -2.54. The lowest BCUT2D eigenvalue weighted by molar-refractivity contribution is -0.126. The molecule has 3 aromatic rings. The number of carbonyl (C=O) groups excluding carboxylic acids is 1. The van der Waals surface area contributed by atoms with Crippen LogP contribution in [0.15, 0.2) is 59.6 Å². The topological polar surface area (TPSA) is 122 Å². The summed E-state index contributed by atoms with van der Waals surface area (Å²) in [5.41, 5.74) is -1.45. The first-order valence-electron chi connectivity index (χ1n) is 15.7. The molecular weight excluding hydrogens is 629 g/mol. The first-order valence-corrected chi connectivity index (χ1v) is 15.7. The van der Waals surface area contributed by atoms with Crippen LogP contribution in [0.5, 0.6) is 5.75 Å². The number of alkyl halides is 1. The number of aliphatic hydroxyl groups excluding tert-OH is 1. The van der Waals surface area contributed by atoms with Gasteiger partial charge in [0, 0.05) is 44.0 Å². The maximum atomic E-state index is 16.1. The molecule has 2 unspecified atom stereocenters. The van der Waals surface area contributed by atoms with Crippen molar-refractivity contribution in [1.29, 1.82) is 0 Å². The molecule has 0 spiro atoms. The molecule has 2 aliphatic rings. The monoisotopic (exact) mass is 668 g/mol. The van der Waals surface area contributed by atoms with Crippen LogP contribution in [0.1, 0.15) is 20.8 Å². The van der Waals surface area contributed by atoms with Crippen molar-refractivity contribution in [2.24, 2.45) is 5.92 Å². The molecule has 2 N–H and O–H groups in total. The highest BCUT2D eigenvalue weighted by Gasteiger charge is 2.31. The molecule has 14 heteroatoms. The number of pyridine rings is 1. The van der Waals surface area contributed by atoms with Crippen LogP contribution < -0.4 is 20.6 Å². The lowest BCUT2D eigenvalue weighted by Gasteiger charge is -2.40. The molecule has 1 amide bonds. The summed E-state index contributed by atoms with van der Waals surface area (Å²) in [6, 6.07) is 4.72. The van der Waals surface area contributed by atoms with Crippen LogP contribution in [0.4, 0.5) is 19.0 Å². The van der Waals surface area contributed by atoms with E-state index in [1.165, 1.54) is 30.5 Å². The van der Waals surface area contributed by atoms with Gasteiger partial charge in [0.2, 0.25) is 5.91 Å². The van der Waals surface area contributed by atoms with Gasteiger partial charge in [-0.15, -0.1) is 0 Å². The van der Waals surface area contributed by atoms with E-state index in [1.807, 2.05) is 20.8 Å². The van der Waals surface area contributed by atoms with Crippen molar-refractivity contribution in [2.45, 2.75) is 39.0 Å². The normalized spacial score (nSPS) is 19.9. The Morgan fingerprint density at radius 1 is 1.25 bits per heavy atom. The van der Waals surface area contributed by atoms with E-state index in [9.17, 15) is 19.1 Å². The van der Waals surface area contributed by atoms with Crippen LogP contribution in [-0.2, 0) is 9.53 Å². The summed E-state index contributed by atoms with van der Waals surface area (Å²) in [7, 11) is 0. The third-order valence-corrected chi connectivity index (χ3v) is 8.13. The van der Waals surface area contributed by atoms with Crippen molar-refractivity contribution in [1.82, 2.24) is 24.8 Å². The fourth-order valence-electron chi connectivity index (χ4n) is 5.73. The fraction of sp³-hybridized carbons (Fsp3) is 0.412. The number of aromatic nitrogens is 3. The van der Waals surface area contributed by atoms with Crippen LogP contribution in [0.3, 0.4) is 0 Å². The van der Waals surface area contributed by atoms with Gasteiger partial charge in [0.15, 0.2) is 11.5 Å². The Hall–Kier alpha value is -4.69. The van der Waals surface area contributed by atoms with Gasteiger partial charge in [-0.1, -0.05) is 26.5 Å². The quantitative estimate of drug-likeness (QED) is 0.329. The number of halogens is 3. The number of hydrogen-bond donors (Lipinski definition) is 2. The summed E-state index contributed by atoms with van der Waals surface area (Å²) in [5, 5.41) is 14.9. The molecule has 4 heterocycles. The number of amides is 1.